The van der Waals surface area contributed by atoms with E-state index < -0.39 is 4.92 Å². The lowest BCUT2D eigenvalue weighted by Crippen LogP contribution is -2.19. The maximum atomic E-state index is 12.8. The third-order valence-electron chi connectivity index (χ3n) is 2.71. The summed E-state index contributed by atoms with van der Waals surface area (Å²) in [4.78, 5) is 16.0. The van der Waals surface area contributed by atoms with Crippen molar-refractivity contribution in [1.29, 1.82) is 0 Å². The molecule has 0 aliphatic carbocycles. The first-order chi connectivity index (χ1) is 9.47. The van der Waals surface area contributed by atoms with Gasteiger partial charge >= 0.3 is 5.69 Å². The molecule has 1 aromatic carbocycles. The van der Waals surface area contributed by atoms with Gasteiger partial charge in [0.2, 0.25) is 5.82 Å². The number of rotatable bonds is 4. The van der Waals surface area contributed by atoms with E-state index in [-0.39, 0.29) is 22.5 Å². The van der Waals surface area contributed by atoms with Crippen LogP contribution in [0, 0.1) is 15.9 Å². The van der Waals surface area contributed by atoms with Crippen LogP contribution in [0.2, 0.25) is 5.15 Å². The van der Waals surface area contributed by atoms with Crippen LogP contribution in [0.1, 0.15) is 5.56 Å². The van der Waals surface area contributed by atoms with Gasteiger partial charge in [-0.2, -0.15) is 0 Å². The average Bonchev–Trinajstić information content (AvgIpc) is 2.41. The highest BCUT2D eigenvalue weighted by molar-refractivity contribution is 6.29. The Bertz CT molecular complexity index is 634. The quantitative estimate of drug-likeness (QED) is 0.492. The second-order valence-corrected chi connectivity index (χ2v) is 4.60. The fraction of sp³-hybridized carbons (Fsp3) is 0.154. The summed E-state index contributed by atoms with van der Waals surface area (Å²) in [6, 6.07) is 8.58. The Morgan fingerprint density at radius 1 is 1.30 bits per heavy atom. The summed E-state index contributed by atoms with van der Waals surface area (Å²) in [5, 5.41) is 11.2. The SMILES string of the molecule is CN(Cc1ccc(F)cc1)c1nc(Cl)ccc1[N+](=O)[O-]. The molecule has 0 saturated carbocycles. The summed E-state index contributed by atoms with van der Waals surface area (Å²) in [6.45, 7) is 0.356. The molecule has 0 aliphatic rings. The number of nitro groups is 1. The summed E-state index contributed by atoms with van der Waals surface area (Å²) in [5.74, 6) is -0.157. The lowest BCUT2D eigenvalue weighted by molar-refractivity contribution is -0.384. The molecule has 104 valence electrons. The maximum Gasteiger partial charge on any atom is 0.311 e. The van der Waals surface area contributed by atoms with E-state index in [1.54, 1.807) is 24.1 Å². The zero-order chi connectivity index (χ0) is 14.7. The monoisotopic (exact) mass is 295 g/mol. The van der Waals surface area contributed by atoms with E-state index in [1.807, 2.05) is 0 Å². The third kappa shape index (κ3) is 3.21. The summed E-state index contributed by atoms with van der Waals surface area (Å²) in [7, 11) is 1.66. The highest BCUT2D eigenvalue weighted by Gasteiger charge is 2.19. The minimum atomic E-state index is -0.514. The van der Waals surface area contributed by atoms with E-state index >= 15 is 0 Å². The Morgan fingerprint density at radius 2 is 1.95 bits per heavy atom. The van der Waals surface area contributed by atoms with Crippen molar-refractivity contribution in [2.24, 2.45) is 0 Å². The molecular formula is C13H11ClFN3O2. The van der Waals surface area contributed by atoms with Crippen molar-refractivity contribution in [2.75, 3.05) is 11.9 Å². The standard InChI is InChI=1S/C13H11ClFN3O2/c1-17(8-9-2-4-10(15)5-3-9)13-11(18(19)20)6-7-12(14)16-13/h2-7H,8H2,1H3. The Hall–Kier alpha value is -2.21. The van der Waals surface area contributed by atoms with Crippen LogP contribution in [0.5, 0.6) is 0 Å². The van der Waals surface area contributed by atoms with Crippen molar-refractivity contribution < 1.29 is 9.31 Å². The number of aromatic nitrogens is 1. The van der Waals surface area contributed by atoms with Crippen molar-refractivity contribution in [1.82, 2.24) is 4.98 Å². The molecule has 0 unspecified atom stereocenters. The average molecular weight is 296 g/mol. The topological polar surface area (TPSA) is 59.3 Å². The highest BCUT2D eigenvalue weighted by Crippen LogP contribution is 2.27. The van der Waals surface area contributed by atoms with E-state index in [0.29, 0.717) is 6.54 Å². The summed E-state index contributed by atoms with van der Waals surface area (Å²) in [5.41, 5.74) is 0.684. The lowest BCUT2D eigenvalue weighted by Gasteiger charge is -2.18. The van der Waals surface area contributed by atoms with Gasteiger partial charge in [-0.1, -0.05) is 23.7 Å². The largest absolute Gasteiger partial charge is 0.350 e. The molecule has 1 aromatic heterocycles. The predicted molar refractivity (Wildman–Crippen MR) is 74.4 cm³/mol. The number of anilines is 1. The van der Waals surface area contributed by atoms with Gasteiger partial charge in [-0.3, -0.25) is 10.1 Å². The van der Waals surface area contributed by atoms with Crippen LogP contribution in [0.3, 0.4) is 0 Å². The van der Waals surface area contributed by atoms with E-state index in [1.165, 1.54) is 24.3 Å². The van der Waals surface area contributed by atoms with Gasteiger partial charge in [0.05, 0.1) is 4.92 Å². The number of hydrogen-bond acceptors (Lipinski definition) is 4. The van der Waals surface area contributed by atoms with Crippen molar-refractivity contribution in [3.8, 4) is 0 Å². The zero-order valence-electron chi connectivity index (χ0n) is 10.6. The summed E-state index contributed by atoms with van der Waals surface area (Å²) < 4.78 is 12.8. The second kappa shape index (κ2) is 5.83. The van der Waals surface area contributed by atoms with Gasteiger partial charge in [-0.05, 0) is 23.8 Å². The van der Waals surface area contributed by atoms with Gasteiger partial charge in [0.1, 0.15) is 11.0 Å². The van der Waals surface area contributed by atoms with Crippen molar-refractivity contribution in [3.63, 3.8) is 0 Å². The normalized spacial score (nSPS) is 10.3. The van der Waals surface area contributed by atoms with Crippen LogP contribution in [0.4, 0.5) is 15.9 Å². The van der Waals surface area contributed by atoms with Crippen LogP contribution in [0.25, 0.3) is 0 Å². The van der Waals surface area contributed by atoms with Crippen molar-refractivity contribution >= 4 is 23.1 Å². The molecule has 0 fully saturated rings. The molecule has 0 atom stereocenters. The molecule has 1 heterocycles. The fourth-order valence-corrected chi connectivity index (χ4v) is 1.92. The molecule has 0 saturated heterocycles. The minimum absolute atomic E-state index is 0.126. The van der Waals surface area contributed by atoms with E-state index in [0.717, 1.165) is 5.56 Å². The minimum Gasteiger partial charge on any atom is -0.350 e. The molecule has 2 rings (SSSR count). The first kappa shape index (κ1) is 14.2. The second-order valence-electron chi connectivity index (χ2n) is 4.22. The number of pyridine rings is 1. The number of nitrogens with zero attached hydrogens (tertiary/aromatic N) is 3. The molecule has 0 N–H and O–H groups in total. The van der Waals surface area contributed by atoms with Crippen LogP contribution < -0.4 is 4.90 Å². The van der Waals surface area contributed by atoms with Gasteiger partial charge in [-0.15, -0.1) is 0 Å². The van der Waals surface area contributed by atoms with Gasteiger partial charge in [-0.25, -0.2) is 9.37 Å². The van der Waals surface area contributed by atoms with Crippen LogP contribution in [0.15, 0.2) is 36.4 Å². The van der Waals surface area contributed by atoms with E-state index in [4.69, 9.17) is 11.6 Å². The lowest BCUT2D eigenvalue weighted by atomic mass is 10.2. The third-order valence-corrected chi connectivity index (χ3v) is 2.92. The van der Waals surface area contributed by atoms with Crippen LogP contribution in [-0.2, 0) is 6.54 Å². The number of halogens is 2. The molecular weight excluding hydrogens is 285 g/mol. The molecule has 0 bridgehead atoms. The Morgan fingerprint density at radius 3 is 2.55 bits per heavy atom. The first-order valence-corrected chi connectivity index (χ1v) is 6.11. The van der Waals surface area contributed by atoms with Crippen LogP contribution in [-0.4, -0.2) is 17.0 Å². The molecule has 5 nitrogen and oxygen atoms in total. The molecule has 0 aliphatic heterocycles. The highest BCUT2D eigenvalue weighted by atomic mass is 35.5. The predicted octanol–water partition coefficient (Wildman–Crippen LogP) is 3.42. The summed E-state index contributed by atoms with van der Waals surface area (Å²) >= 11 is 5.78. The summed E-state index contributed by atoms with van der Waals surface area (Å²) in [6.07, 6.45) is 0. The molecule has 0 amide bonds. The smallest absolute Gasteiger partial charge is 0.311 e. The molecule has 2 aromatic rings. The van der Waals surface area contributed by atoms with Crippen LogP contribution >= 0.6 is 11.6 Å². The molecule has 20 heavy (non-hydrogen) atoms. The Kier molecular flexibility index (Phi) is 4.14. The van der Waals surface area contributed by atoms with Gasteiger partial charge in [0, 0.05) is 19.7 Å². The Labute approximate surface area is 119 Å². The maximum absolute atomic E-state index is 12.8. The number of benzene rings is 1. The molecule has 0 spiro atoms. The fourth-order valence-electron chi connectivity index (χ4n) is 1.78. The van der Waals surface area contributed by atoms with Gasteiger partial charge in [0.25, 0.3) is 0 Å². The molecule has 0 radical (unpaired) electrons. The van der Waals surface area contributed by atoms with Gasteiger partial charge in [0.15, 0.2) is 0 Å². The zero-order valence-corrected chi connectivity index (χ0v) is 11.3. The van der Waals surface area contributed by atoms with Crippen molar-refractivity contribution in [2.45, 2.75) is 6.54 Å². The van der Waals surface area contributed by atoms with Gasteiger partial charge < -0.3 is 4.90 Å². The van der Waals surface area contributed by atoms with E-state index in [2.05, 4.69) is 4.98 Å². The van der Waals surface area contributed by atoms with E-state index in [9.17, 15) is 14.5 Å². The number of hydrogen-bond donors (Lipinski definition) is 0. The van der Waals surface area contributed by atoms with Crippen molar-refractivity contribution in [3.05, 3.63) is 63.0 Å². The Balaban J connectivity index is 2.28. The first-order valence-electron chi connectivity index (χ1n) is 5.74. The molecule has 7 heteroatoms.